The van der Waals surface area contributed by atoms with E-state index in [2.05, 4.69) is 4.98 Å². The lowest BCUT2D eigenvalue weighted by Gasteiger charge is -2.18. The molecule has 3 nitrogen and oxygen atoms in total. The predicted molar refractivity (Wildman–Crippen MR) is 64.5 cm³/mol. The van der Waals surface area contributed by atoms with Crippen LogP contribution in [0.1, 0.15) is 12.1 Å². The lowest BCUT2D eigenvalue weighted by molar-refractivity contribution is -0.141. The van der Waals surface area contributed by atoms with E-state index < -0.39 is 11.9 Å². The summed E-state index contributed by atoms with van der Waals surface area (Å²) in [7, 11) is 0. The van der Waals surface area contributed by atoms with Crippen molar-refractivity contribution < 1.29 is 17.9 Å². The first-order chi connectivity index (χ1) is 8.99. The van der Waals surface area contributed by atoms with Crippen LogP contribution in [0.3, 0.4) is 0 Å². The second-order valence-electron chi connectivity index (χ2n) is 4.11. The molecule has 102 valence electrons. The Hall–Kier alpha value is -1.82. The molecule has 1 unspecified atom stereocenters. The van der Waals surface area contributed by atoms with Crippen LogP contribution in [-0.2, 0) is 6.18 Å². The van der Waals surface area contributed by atoms with Gasteiger partial charge in [0.15, 0.2) is 0 Å². The summed E-state index contributed by atoms with van der Waals surface area (Å²) in [5, 5.41) is 0. The van der Waals surface area contributed by atoms with Crippen molar-refractivity contribution in [2.24, 2.45) is 5.73 Å². The van der Waals surface area contributed by atoms with E-state index >= 15 is 0 Å². The molecule has 1 aromatic heterocycles. The van der Waals surface area contributed by atoms with Gasteiger partial charge in [0, 0.05) is 25.2 Å². The van der Waals surface area contributed by atoms with Gasteiger partial charge in [-0.1, -0.05) is 12.2 Å². The van der Waals surface area contributed by atoms with Crippen LogP contribution in [0, 0.1) is 0 Å². The van der Waals surface area contributed by atoms with E-state index in [4.69, 9.17) is 10.5 Å². The van der Waals surface area contributed by atoms with Crippen molar-refractivity contribution in [3.63, 3.8) is 0 Å². The van der Waals surface area contributed by atoms with Gasteiger partial charge in [0.05, 0.1) is 0 Å². The number of nitrogens with two attached hydrogens (primary N) is 1. The van der Waals surface area contributed by atoms with E-state index in [-0.39, 0.29) is 11.9 Å². The SMILES string of the molecule is NCC1=CCC(Oc2ccnc(C(F)(F)F)c2)C=C1. The fourth-order valence-corrected chi connectivity index (χ4v) is 1.70. The minimum absolute atomic E-state index is 0.154. The van der Waals surface area contributed by atoms with E-state index in [1.54, 1.807) is 6.08 Å². The maximum absolute atomic E-state index is 12.5. The number of ether oxygens (including phenoxy) is 1. The number of hydrogen-bond acceptors (Lipinski definition) is 3. The van der Waals surface area contributed by atoms with Crippen molar-refractivity contribution in [2.45, 2.75) is 18.7 Å². The van der Waals surface area contributed by atoms with Gasteiger partial charge in [-0.15, -0.1) is 0 Å². The Morgan fingerprint density at radius 2 is 2.21 bits per heavy atom. The van der Waals surface area contributed by atoms with Gasteiger partial charge >= 0.3 is 6.18 Å². The number of aromatic nitrogens is 1. The van der Waals surface area contributed by atoms with E-state index in [9.17, 15) is 13.2 Å². The molecule has 6 heteroatoms. The zero-order valence-electron chi connectivity index (χ0n) is 10.0. The van der Waals surface area contributed by atoms with Crippen molar-refractivity contribution in [1.29, 1.82) is 0 Å². The van der Waals surface area contributed by atoms with Gasteiger partial charge < -0.3 is 10.5 Å². The third-order valence-electron chi connectivity index (χ3n) is 2.68. The highest BCUT2D eigenvalue weighted by atomic mass is 19.4. The number of pyridine rings is 1. The van der Waals surface area contributed by atoms with Gasteiger partial charge in [-0.05, 0) is 17.7 Å². The normalized spacial score (nSPS) is 19.2. The summed E-state index contributed by atoms with van der Waals surface area (Å²) >= 11 is 0. The molecule has 1 heterocycles. The molecule has 0 aromatic carbocycles. The molecular weight excluding hydrogens is 257 g/mol. The van der Waals surface area contributed by atoms with Crippen LogP contribution >= 0.6 is 0 Å². The Morgan fingerprint density at radius 3 is 2.79 bits per heavy atom. The van der Waals surface area contributed by atoms with E-state index in [0.717, 1.165) is 17.8 Å². The average Bonchev–Trinajstić information content (AvgIpc) is 2.39. The van der Waals surface area contributed by atoms with Gasteiger partial charge in [0.1, 0.15) is 17.5 Å². The summed E-state index contributed by atoms with van der Waals surface area (Å²) in [5.41, 5.74) is 5.51. The summed E-state index contributed by atoms with van der Waals surface area (Å²) < 4.78 is 42.9. The highest BCUT2D eigenvalue weighted by Crippen LogP contribution is 2.30. The van der Waals surface area contributed by atoms with Crippen molar-refractivity contribution in [3.05, 3.63) is 47.8 Å². The fourth-order valence-electron chi connectivity index (χ4n) is 1.70. The van der Waals surface area contributed by atoms with Crippen LogP contribution in [0.25, 0.3) is 0 Å². The molecule has 2 N–H and O–H groups in total. The monoisotopic (exact) mass is 270 g/mol. The Labute approximate surface area is 108 Å². The van der Waals surface area contributed by atoms with E-state index in [0.29, 0.717) is 13.0 Å². The number of nitrogens with zero attached hydrogens (tertiary/aromatic N) is 1. The Bertz CT molecular complexity index is 509. The lowest BCUT2D eigenvalue weighted by Crippen LogP contribution is -2.17. The van der Waals surface area contributed by atoms with Crippen LogP contribution in [0.2, 0.25) is 0 Å². The summed E-state index contributed by atoms with van der Waals surface area (Å²) in [6, 6.07) is 2.31. The van der Waals surface area contributed by atoms with Gasteiger partial charge in [0.2, 0.25) is 0 Å². The van der Waals surface area contributed by atoms with Gasteiger partial charge in [-0.25, -0.2) is 0 Å². The summed E-state index contributed by atoms with van der Waals surface area (Å²) in [4.78, 5) is 3.28. The standard InChI is InChI=1S/C13H13F3N2O/c14-13(15,16)12-7-11(5-6-18-12)19-10-3-1-9(8-17)2-4-10/h1-3,5-7,10H,4,8,17H2. The Morgan fingerprint density at radius 1 is 1.42 bits per heavy atom. The number of rotatable bonds is 3. The molecule has 0 radical (unpaired) electrons. The van der Waals surface area contributed by atoms with Crippen LogP contribution in [-0.4, -0.2) is 17.6 Å². The molecule has 0 fully saturated rings. The zero-order chi connectivity index (χ0) is 13.9. The first-order valence-electron chi connectivity index (χ1n) is 5.76. The van der Waals surface area contributed by atoms with Crippen molar-refractivity contribution in [1.82, 2.24) is 4.98 Å². The molecule has 0 spiro atoms. The molecule has 19 heavy (non-hydrogen) atoms. The molecule has 1 aromatic rings. The predicted octanol–water partition coefficient (Wildman–Crippen LogP) is 2.69. The maximum atomic E-state index is 12.5. The highest BCUT2D eigenvalue weighted by Gasteiger charge is 2.32. The number of halogens is 3. The topological polar surface area (TPSA) is 48.1 Å². The molecule has 0 saturated heterocycles. The maximum Gasteiger partial charge on any atom is 0.433 e. The number of hydrogen-bond donors (Lipinski definition) is 1. The van der Waals surface area contributed by atoms with Gasteiger partial charge in [-0.3, -0.25) is 4.98 Å². The van der Waals surface area contributed by atoms with Crippen LogP contribution in [0.5, 0.6) is 5.75 Å². The first kappa shape index (κ1) is 13.6. The highest BCUT2D eigenvalue weighted by molar-refractivity contribution is 5.28. The van der Waals surface area contributed by atoms with Crippen LogP contribution < -0.4 is 10.5 Å². The molecular formula is C13H13F3N2O. The van der Waals surface area contributed by atoms with Crippen molar-refractivity contribution in [3.8, 4) is 5.75 Å². The molecule has 0 bridgehead atoms. The third-order valence-corrected chi connectivity index (χ3v) is 2.68. The van der Waals surface area contributed by atoms with Gasteiger partial charge in [0.25, 0.3) is 0 Å². The minimum atomic E-state index is -4.46. The average molecular weight is 270 g/mol. The molecule has 2 rings (SSSR count). The van der Waals surface area contributed by atoms with E-state index in [1.807, 2.05) is 12.2 Å². The third kappa shape index (κ3) is 3.57. The Kier molecular flexibility index (Phi) is 3.90. The minimum Gasteiger partial charge on any atom is -0.486 e. The quantitative estimate of drug-likeness (QED) is 0.918. The lowest BCUT2D eigenvalue weighted by atomic mass is 10.1. The molecule has 1 atom stereocenters. The zero-order valence-corrected chi connectivity index (χ0v) is 10.0. The second-order valence-corrected chi connectivity index (χ2v) is 4.11. The molecule has 0 saturated carbocycles. The Balaban J connectivity index is 2.05. The largest absolute Gasteiger partial charge is 0.486 e. The molecule has 0 aliphatic heterocycles. The summed E-state index contributed by atoms with van der Waals surface area (Å²) in [6.45, 7) is 0.441. The van der Waals surface area contributed by atoms with Crippen molar-refractivity contribution in [2.75, 3.05) is 6.54 Å². The summed E-state index contributed by atoms with van der Waals surface area (Å²) in [5.74, 6) is 0.154. The second kappa shape index (κ2) is 5.44. The van der Waals surface area contributed by atoms with Crippen LogP contribution in [0.4, 0.5) is 13.2 Å². The number of alkyl halides is 3. The fraction of sp³-hybridized carbons (Fsp3) is 0.308. The summed E-state index contributed by atoms with van der Waals surface area (Å²) in [6.07, 6.45) is 2.46. The first-order valence-corrected chi connectivity index (χ1v) is 5.76. The smallest absolute Gasteiger partial charge is 0.433 e. The molecule has 1 aliphatic carbocycles. The molecule has 1 aliphatic rings. The van der Waals surface area contributed by atoms with Gasteiger partial charge in [-0.2, -0.15) is 13.2 Å². The molecule has 0 amide bonds. The van der Waals surface area contributed by atoms with E-state index in [1.165, 1.54) is 6.07 Å². The van der Waals surface area contributed by atoms with Crippen molar-refractivity contribution >= 4 is 0 Å². The van der Waals surface area contributed by atoms with Crippen LogP contribution in [0.15, 0.2) is 42.1 Å².